The van der Waals surface area contributed by atoms with E-state index in [1.54, 1.807) is 42.5 Å². The van der Waals surface area contributed by atoms with E-state index in [9.17, 15) is 14.4 Å². The molecule has 1 atom stereocenters. The molecule has 0 saturated carbocycles. The summed E-state index contributed by atoms with van der Waals surface area (Å²) in [6, 6.07) is 12.0. The van der Waals surface area contributed by atoms with Crippen molar-refractivity contribution in [1.82, 2.24) is 4.90 Å². The zero-order valence-corrected chi connectivity index (χ0v) is 18.7. The minimum Gasteiger partial charge on any atom is -0.493 e. The molecular weight excluding hydrogens is 410 g/mol. The number of hydrogen-bond acceptors (Lipinski definition) is 6. The van der Waals surface area contributed by atoms with Gasteiger partial charge in [-0.25, -0.2) is 4.90 Å². The molecule has 0 radical (unpaired) electrons. The lowest BCUT2D eigenvalue weighted by Crippen LogP contribution is -2.54. The van der Waals surface area contributed by atoms with E-state index >= 15 is 0 Å². The maximum atomic E-state index is 13.5. The maximum Gasteiger partial charge on any atom is 0.257 e. The largest absolute Gasteiger partial charge is 0.493 e. The number of benzene rings is 2. The van der Waals surface area contributed by atoms with Gasteiger partial charge in [0.15, 0.2) is 11.5 Å². The van der Waals surface area contributed by atoms with Crippen molar-refractivity contribution in [2.45, 2.75) is 38.8 Å². The number of methoxy groups -OCH3 is 2. The van der Waals surface area contributed by atoms with Crippen LogP contribution in [0.2, 0.25) is 0 Å². The molecule has 1 aliphatic rings. The summed E-state index contributed by atoms with van der Waals surface area (Å²) in [6.07, 6.45) is -0.130. The summed E-state index contributed by atoms with van der Waals surface area (Å²) < 4.78 is 10.5. The summed E-state index contributed by atoms with van der Waals surface area (Å²) in [5.41, 5.74) is 0.360. The van der Waals surface area contributed by atoms with Gasteiger partial charge < -0.3 is 14.4 Å². The first-order chi connectivity index (χ1) is 15.1. The quantitative estimate of drug-likeness (QED) is 0.669. The first-order valence-electron chi connectivity index (χ1n) is 10.0. The third-order valence-corrected chi connectivity index (χ3v) is 5.26. The van der Waals surface area contributed by atoms with Crippen LogP contribution in [0.25, 0.3) is 0 Å². The fourth-order valence-corrected chi connectivity index (χ4v) is 3.80. The molecule has 0 aliphatic carbocycles. The molecule has 3 rings (SSSR count). The number of ether oxygens (including phenoxy) is 2. The number of amides is 3. The second kappa shape index (κ2) is 8.71. The van der Waals surface area contributed by atoms with Crippen molar-refractivity contribution in [1.29, 1.82) is 5.26 Å². The van der Waals surface area contributed by atoms with E-state index in [1.807, 2.05) is 26.8 Å². The first-order valence-corrected chi connectivity index (χ1v) is 10.0. The van der Waals surface area contributed by atoms with Gasteiger partial charge in [0.25, 0.3) is 11.8 Å². The van der Waals surface area contributed by atoms with Crippen LogP contribution in [0, 0.1) is 11.3 Å². The molecule has 32 heavy (non-hydrogen) atoms. The van der Waals surface area contributed by atoms with E-state index in [4.69, 9.17) is 14.7 Å². The predicted octanol–water partition coefficient (Wildman–Crippen LogP) is 3.15. The second-order valence-electron chi connectivity index (χ2n) is 8.36. The molecule has 1 unspecified atom stereocenters. The fourth-order valence-electron chi connectivity index (χ4n) is 3.80. The maximum absolute atomic E-state index is 13.5. The lowest BCUT2D eigenvalue weighted by atomic mass is 9.99. The van der Waals surface area contributed by atoms with Crippen molar-refractivity contribution in [2.24, 2.45) is 0 Å². The third-order valence-electron chi connectivity index (χ3n) is 5.26. The van der Waals surface area contributed by atoms with Crippen LogP contribution in [0.1, 0.15) is 43.1 Å². The Morgan fingerprint density at radius 2 is 1.69 bits per heavy atom. The number of nitrogens with zero attached hydrogens (tertiary/aromatic N) is 3. The summed E-state index contributed by atoms with van der Waals surface area (Å²) in [7, 11) is 2.98. The second-order valence-corrected chi connectivity index (χ2v) is 8.36. The van der Waals surface area contributed by atoms with Crippen molar-refractivity contribution >= 4 is 23.4 Å². The standard InChI is InChI=1S/C24H25N3O5/c1-24(2,3)27(22(29)16-8-11-19(31-4)20(12-16)32-5)18-13-21(28)26(23(18)30)17-9-6-15(14-25)7-10-17/h6-12,18H,13H2,1-5H3. The molecule has 1 saturated heterocycles. The van der Waals surface area contributed by atoms with Crippen LogP contribution in [0.15, 0.2) is 42.5 Å². The van der Waals surface area contributed by atoms with Crippen LogP contribution in [0.5, 0.6) is 11.5 Å². The average molecular weight is 435 g/mol. The van der Waals surface area contributed by atoms with E-state index in [2.05, 4.69) is 0 Å². The Morgan fingerprint density at radius 3 is 2.22 bits per heavy atom. The third kappa shape index (κ3) is 4.14. The van der Waals surface area contributed by atoms with Gasteiger partial charge in [-0.15, -0.1) is 0 Å². The Labute approximate surface area is 186 Å². The number of hydrogen-bond donors (Lipinski definition) is 0. The molecule has 2 aromatic carbocycles. The van der Waals surface area contributed by atoms with Crippen LogP contribution in [-0.2, 0) is 9.59 Å². The zero-order chi connectivity index (χ0) is 23.6. The van der Waals surface area contributed by atoms with E-state index in [-0.39, 0.29) is 6.42 Å². The Morgan fingerprint density at radius 1 is 1.06 bits per heavy atom. The lowest BCUT2D eigenvalue weighted by Gasteiger charge is -2.39. The van der Waals surface area contributed by atoms with Gasteiger partial charge in [0.05, 0.1) is 38.0 Å². The molecule has 1 aliphatic heterocycles. The van der Waals surface area contributed by atoms with Gasteiger partial charge in [-0.2, -0.15) is 5.26 Å². The van der Waals surface area contributed by atoms with Gasteiger partial charge >= 0.3 is 0 Å². The molecule has 3 amide bonds. The molecule has 1 heterocycles. The van der Waals surface area contributed by atoms with Crippen LogP contribution in [0.4, 0.5) is 5.69 Å². The van der Waals surface area contributed by atoms with Gasteiger partial charge in [0, 0.05) is 11.1 Å². The highest BCUT2D eigenvalue weighted by Crippen LogP contribution is 2.33. The van der Waals surface area contributed by atoms with Gasteiger partial charge in [-0.1, -0.05) is 0 Å². The van der Waals surface area contributed by atoms with Crippen LogP contribution in [-0.4, -0.2) is 48.4 Å². The highest BCUT2D eigenvalue weighted by molar-refractivity contribution is 6.23. The van der Waals surface area contributed by atoms with Crippen molar-refractivity contribution in [3.63, 3.8) is 0 Å². The van der Waals surface area contributed by atoms with Gasteiger partial charge in [0.2, 0.25) is 5.91 Å². The van der Waals surface area contributed by atoms with Gasteiger partial charge in [-0.05, 0) is 63.2 Å². The summed E-state index contributed by atoms with van der Waals surface area (Å²) >= 11 is 0. The molecule has 0 aromatic heterocycles. The predicted molar refractivity (Wildman–Crippen MR) is 118 cm³/mol. The Kier molecular flexibility index (Phi) is 6.21. The number of anilines is 1. The molecule has 0 bridgehead atoms. The van der Waals surface area contributed by atoms with Crippen molar-refractivity contribution in [2.75, 3.05) is 19.1 Å². The Bertz CT molecular complexity index is 1100. The molecule has 8 heteroatoms. The molecule has 8 nitrogen and oxygen atoms in total. The van der Waals surface area contributed by atoms with Crippen LogP contribution in [0.3, 0.4) is 0 Å². The SMILES string of the molecule is COc1ccc(C(=O)N(C2CC(=O)N(c3ccc(C#N)cc3)C2=O)C(C)(C)C)cc1OC. The number of nitriles is 1. The van der Waals surface area contributed by atoms with Gasteiger partial charge in [0.1, 0.15) is 6.04 Å². The average Bonchev–Trinajstić information content (AvgIpc) is 3.05. The number of carbonyl (C=O) groups excluding carboxylic acids is 3. The summed E-state index contributed by atoms with van der Waals surface area (Å²) in [5, 5.41) is 8.98. The van der Waals surface area contributed by atoms with Crippen molar-refractivity contribution < 1.29 is 23.9 Å². The number of carbonyl (C=O) groups is 3. The minimum atomic E-state index is -0.960. The normalized spacial score (nSPS) is 16.0. The smallest absolute Gasteiger partial charge is 0.257 e. The van der Waals surface area contributed by atoms with E-state index in [1.165, 1.54) is 19.1 Å². The highest BCUT2D eigenvalue weighted by atomic mass is 16.5. The zero-order valence-electron chi connectivity index (χ0n) is 18.7. The number of imide groups is 1. The van der Waals surface area contributed by atoms with Crippen molar-refractivity contribution in [3.8, 4) is 17.6 Å². The summed E-state index contributed by atoms with van der Waals surface area (Å²) in [6.45, 7) is 5.44. The molecule has 1 fully saturated rings. The van der Waals surface area contributed by atoms with Crippen molar-refractivity contribution in [3.05, 3.63) is 53.6 Å². The minimum absolute atomic E-state index is 0.130. The molecule has 2 aromatic rings. The Balaban J connectivity index is 1.98. The van der Waals surface area contributed by atoms with Crippen LogP contribution >= 0.6 is 0 Å². The highest BCUT2D eigenvalue weighted by Gasteiger charge is 2.47. The topological polar surface area (TPSA) is 99.9 Å². The fraction of sp³-hybridized carbons (Fsp3) is 0.333. The molecule has 0 N–H and O–H groups in total. The first kappa shape index (κ1) is 22.8. The van der Waals surface area contributed by atoms with Crippen LogP contribution < -0.4 is 14.4 Å². The molecule has 0 spiro atoms. The van der Waals surface area contributed by atoms with E-state index in [0.717, 1.165) is 4.90 Å². The monoisotopic (exact) mass is 435 g/mol. The molecular formula is C24H25N3O5. The van der Waals surface area contributed by atoms with Gasteiger partial charge in [-0.3, -0.25) is 14.4 Å². The Hall–Kier alpha value is -3.86. The van der Waals surface area contributed by atoms with E-state index in [0.29, 0.717) is 28.3 Å². The number of rotatable bonds is 5. The lowest BCUT2D eigenvalue weighted by molar-refractivity contribution is -0.123. The molecule has 166 valence electrons. The summed E-state index contributed by atoms with van der Waals surface area (Å²) in [5.74, 6) is -0.417. The van der Waals surface area contributed by atoms with E-state index < -0.39 is 29.3 Å². The summed E-state index contributed by atoms with van der Waals surface area (Å²) in [4.78, 5) is 42.2.